The summed E-state index contributed by atoms with van der Waals surface area (Å²) in [6.07, 6.45) is 2.01. The van der Waals surface area contributed by atoms with Crippen molar-refractivity contribution in [2.45, 2.75) is 31.4 Å². The Bertz CT molecular complexity index is 872. The second-order valence-electron chi connectivity index (χ2n) is 6.00. The summed E-state index contributed by atoms with van der Waals surface area (Å²) in [5.74, 6) is 1.08. The highest BCUT2D eigenvalue weighted by atomic mass is 16.5. The molecule has 7 nitrogen and oxygen atoms in total. The van der Waals surface area contributed by atoms with E-state index >= 15 is 0 Å². The number of aliphatic hydroxyl groups is 1. The smallest absolute Gasteiger partial charge is 0.238 e. The first-order valence-corrected chi connectivity index (χ1v) is 8.12. The molecule has 2 atom stereocenters. The van der Waals surface area contributed by atoms with E-state index in [9.17, 15) is 9.90 Å². The largest absolute Gasteiger partial charge is 0.461 e. The van der Waals surface area contributed by atoms with Crippen LogP contribution < -0.4 is 5.32 Å². The molecule has 3 aromatic rings. The Hall–Kier alpha value is -2.93. The van der Waals surface area contributed by atoms with E-state index in [1.165, 1.54) is 6.26 Å². The van der Waals surface area contributed by atoms with E-state index in [2.05, 4.69) is 15.5 Å². The lowest BCUT2D eigenvalue weighted by atomic mass is 10.1. The Balaban J connectivity index is 1.36. The number of carbonyl (C=O) groups is 1. The summed E-state index contributed by atoms with van der Waals surface area (Å²) in [5.41, 5.74) is 2.04. The summed E-state index contributed by atoms with van der Waals surface area (Å²) in [4.78, 5) is 16.4. The van der Waals surface area contributed by atoms with Gasteiger partial charge in [0.1, 0.15) is 0 Å². The van der Waals surface area contributed by atoms with Crippen LogP contribution in [0.1, 0.15) is 29.5 Å². The summed E-state index contributed by atoms with van der Waals surface area (Å²) in [5, 5.41) is 16.9. The number of nitrogens with zero attached hydrogens (tertiary/aromatic N) is 2. The van der Waals surface area contributed by atoms with Crippen LogP contribution in [-0.4, -0.2) is 27.3 Å². The molecular weight excluding hydrogens is 322 g/mol. The Morgan fingerprint density at radius 1 is 1.28 bits per heavy atom. The van der Waals surface area contributed by atoms with Gasteiger partial charge in [0.2, 0.25) is 17.6 Å². The average molecular weight is 339 g/mol. The second-order valence-corrected chi connectivity index (χ2v) is 6.00. The van der Waals surface area contributed by atoms with Crippen molar-refractivity contribution in [3.63, 3.8) is 0 Å². The molecule has 128 valence electrons. The molecule has 0 spiro atoms. The van der Waals surface area contributed by atoms with E-state index in [1.54, 1.807) is 12.1 Å². The number of rotatable bonds is 5. The number of aromatic nitrogens is 2. The molecular formula is C18H17N3O4. The number of hydrogen-bond acceptors (Lipinski definition) is 6. The predicted molar refractivity (Wildman–Crippen MR) is 87.4 cm³/mol. The zero-order valence-electron chi connectivity index (χ0n) is 13.4. The minimum Gasteiger partial charge on any atom is -0.461 e. The molecule has 25 heavy (non-hydrogen) atoms. The van der Waals surface area contributed by atoms with Gasteiger partial charge in [-0.3, -0.25) is 4.79 Å². The van der Waals surface area contributed by atoms with Crippen LogP contribution in [0.5, 0.6) is 0 Å². The van der Waals surface area contributed by atoms with Crippen molar-refractivity contribution in [1.29, 1.82) is 0 Å². The summed E-state index contributed by atoms with van der Waals surface area (Å²) in [7, 11) is 0. The van der Waals surface area contributed by atoms with Crippen LogP contribution in [0.2, 0.25) is 0 Å². The Morgan fingerprint density at radius 3 is 3.00 bits per heavy atom. The molecule has 0 bridgehead atoms. The quantitative estimate of drug-likeness (QED) is 0.737. The second kappa shape index (κ2) is 6.52. The Morgan fingerprint density at radius 2 is 2.16 bits per heavy atom. The number of aliphatic hydroxyl groups excluding tert-OH is 1. The molecule has 2 N–H and O–H groups in total. The fraction of sp³-hybridized carbons (Fsp3) is 0.278. The third-order valence-electron chi connectivity index (χ3n) is 4.30. The highest BCUT2D eigenvalue weighted by Gasteiger charge is 2.31. The van der Waals surface area contributed by atoms with Crippen molar-refractivity contribution >= 4 is 5.91 Å². The van der Waals surface area contributed by atoms with Gasteiger partial charge in [-0.15, -0.1) is 0 Å². The minimum absolute atomic E-state index is 0.168. The number of aryl methyl sites for hydroxylation is 1. The monoisotopic (exact) mass is 339 g/mol. The van der Waals surface area contributed by atoms with Crippen LogP contribution in [0.25, 0.3) is 11.6 Å². The zero-order chi connectivity index (χ0) is 17.2. The van der Waals surface area contributed by atoms with E-state index in [1.807, 2.05) is 24.3 Å². The number of carbonyl (C=O) groups excluding carboxylic acids is 1. The molecule has 1 aliphatic carbocycles. The standard InChI is InChI=1S/C18H17N3O4/c22-13-10-11-4-1-2-5-12(11)17(13)19-15(23)7-8-16-20-18(21-25-16)14-6-3-9-24-14/h1-6,9,13,17,22H,7-8,10H2,(H,19,23)/t13-,17+/m1/s1. The summed E-state index contributed by atoms with van der Waals surface area (Å²) >= 11 is 0. The minimum atomic E-state index is -0.602. The van der Waals surface area contributed by atoms with Crippen LogP contribution in [-0.2, 0) is 17.6 Å². The number of nitrogens with one attached hydrogen (secondary N) is 1. The van der Waals surface area contributed by atoms with Crippen molar-refractivity contribution in [1.82, 2.24) is 15.5 Å². The van der Waals surface area contributed by atoms with Gasteiger partial charge in [0.05, 0.1) is 18.4 Å². The molecule has 4 rings (SSSR count). The van der Waals surface area contributed by atoms with Crippen LogP contribution >= 0.6 is 0 Å². The summed E-state index contributed by atoms with van der Waals surface area (Å²) < 4.78 is 10.3. The number of amides is 1. The van der Waals surface area contributed by atoms with Crippen molar-refractivity contribution in [2.75, 3.05) is 0 Å². The first kappa shape index (κ1) is 15.6. The maximum Gasteiger partial charge on any atom is 0.238 e. The molecule has 1 aromatic carbocycles. The van der Waals surface area contributed by atoms with Crippen molar-refractivity contribution in [2.24, 2.45) is 0 Å². The highest BCUT2D eigenvalue weighted by molar-refractivity contribution is 5.77. The zero-order valence-corrected chi connectivity index (χ0v) is 13.4. The third kappa shape index (κ3) is 3.18. The van der Waals surface area contributed by atoms with E-state index in [4.69, 9.17) is 8.94 Å². The van der Waals surface area contributed by atoms with E-state index < -0.39 is 6.10 Å². The first-order valence-electron chi connectivity index (χ1n) is 8.12. The van der Waals surface area contributed by atoms with Gasteiger partial charge in [-0.25, -0.2) is 0 Å². The molecule has 0 aliphatic heterocycles. The van der Waals surface area contributed by atoms with Gasteiger partial charge in [0, 0.05) is 19.3 Å². The lowest BCUT2D eigenvalue weighted by Gasteiger charge is -2.17. The predicted octanol–water partition coefficient (Wildman–Crippen LogP) is 2.04. The maximum atomic E-state index is 12.2. The van der Waals surface area contributed by atoms with Crippen molar-refractivity contribution < 1.29 is 18.8 Å². The van der Waals surface area contributed by atoms with Crippen LogP contribution in [0, 0.1) is 0 Å². The van der Waals surface area contributed by atoms with Crippen molar-refractivity contribution in [3.05, 3.63) is 59.7 Å². The molecule has 0 unspecified atom stereocenters. The fourth-order valence-corrected chi connectivity index (χ4v) is 3.08. The van der Waals surface area contributed by atoms with Gasteiger partial charge in [-0.1, -0.05) is 29.4 Å². The topological polar surface area (TPSA) is 101 Å². The number of benzene rings is 1. The summed E-state index contributed by atoms with van der Waals surface area (Å²) in [6.45, 7) is 0. The lowest BCUT2D eigenvalue weighted by Crippen LogP contribution is -2.34. The Kier molecular flexibility index (Phi) is 4.07. The number of fused-ring (bicyclic) bond motifs is 1. The molecule has 1 amide bonds. The molecule has 7 heteroatoms. The van der Waals surface area contributed by atoms with E-state index in [0.717, 1.165) is 11.1 Å². The fourth-order valence-electron chi connectivity index (χ4n) is 3.08. The van der Waals surface area contributed by atoms with Gasteiger partial charge >= 0.3 is 0 Å². The molecule has 0 radical (unpaired) electrons. The van der Waals surface area contributed by atoms with E-state index in [0.29, 0.717) is 30.3 Å². The highest BCUT2D eigenvalue weighted by Crippen LogP contribution is 2.31. The molecule has 2 aromatic heterocycles. The molecule has 0 saturated heterocycles. The number of hydrogen-bond donors (Lipinski definition) is 2. The lowest BCUT2D eigenvalue weighted by molar-refractivity contribution is -0.122. The average Bonchev–Trinajstić information content (AvgIpc) is 3.33. The van der Waals surface area contributed by atoms with E-state index in [-0.39, 0.29) is 18.4 Å². The first-order chi connectivity index (χ1) is 12.2. The van der Waals surface area contributed by atoms with Crippen LogP contribution in [0.15, 0.2) is 51.6 Å². The van der Waals surface area contributed by atoms with Crippen LogP contribution in [0.4, 0.5) is 0 Å². The van der Waals surface area contributed by atoms with Gasteiger partial charge in [0.25, 0.3) is 0 Å². The van der Waals surface area contributed by atoms with Crippen LogP contribution in [0.3, 0.4) is 0 Å². The van der Waals surface area contributed by atoms with Gasteiger partial charge in [0.15, 0.2) is 5.76 Å². The number of furan rings is 1. The Labute approximate surface area is 143 Å². The summed E-state index contributed by atoms with van der Waals surface area (Å²) in [6, 6.07) is 10.9. The normalized spacial score (nSPS) is 18.9. The van der Waals surface area contributed by atoms with Gasteiger partial charge in [-0.2, -0.15) is 4.98 Å². The SMILES string of the molecule is O=C(CCc1nc(-c2ccco2)no1)N[C@H]1c2ccccc2C[C@H]1O. The molecule has 0 fully saturated rings. The molecule has 2 heterocycles. The van der Waals surface area contributed by atoms with Gasteiger partial charge < -0.3 is 19.4 Å². The maximum absolute atomic E-state index is 12.2. The third-order valence-corrected chi connectivity index (χ3v) is 4.30. The van der Waals surface area contributed by atoms with Gasteiger partial charge in [-0.05, 0) is 23.3 Å². The molecule has 1 aliphatic rings. The van der Waals surface area contributed by atoms with Crippen molar-refractivity contribution in [3.8, 4) is 11.6 Å². The molecule has 0 saturated carbocycles.